The molecule has 1 saturated heterocycles. The average Bonchev–Trinajstić information content (AvgIpc) is 2.05. The van der Waals surface area contributed by atoms with E-state index in [1.165, 1.54) is 0 Å². The Morgan fingerprint density at radius 1 is 1.40 bits per heavy atom. The maximum Gasteiger partial charge on any atom is 0.312 e. The highest BCUT2D eigenvalue weighted by Crippen LogP contribution is 2.12. The second kappa shape index (κ2) is 3.34. The van der Waals surface area contributed by atoms with Gasteiger partial charge in [0.15, 0.2) is 0 Å². The number of likely N-dealkylation sites (tertiary alicyclic amines) is 1. The number of carbonyl (C=O) groups excluding carboxylic acids is 2. The Hall–Kier alpha value is -0.860. The lowest BCUT2D eigenvalue weighted by Gasteiger charge is -2.24. The number of nitrogens with zero attached hydrogens (tertiary/aromatic N) is 1. The fourth-order valence-corrected chi connectivity index (χ4v) is 1.13. The van der Waals surface area contributed by atoms with Gasteiger partial charge >= 0.3 is 6.41 Å². The van der Waals surface area contributed by atoms with E-state index in [0.717, 1.165) is 19.1 Å². The van der Waals surface area contributed by atoms with Gasteiger partial charge in [-0.05, 0) is 12.8 Å². The zero-order chi connectivity index (χ0) is 7.40. The van der Waals surface area contributed by atoms with Gasteiger partial charge in [0.2, 0.25) is 0 Å². The molecule has 1 aliphatic heterocycles. The van der Waals surface area contributed by atoms with Gasteiger partial charge in [0.1, 0.15) is 6.29 Å². The van der Waals surface area contributed by atoms with Gasteiger partial charge in [0.25, 0.3) is 0 Å². The molecule has 0 aromatic carbocycles. The molecule has 3 nitrogen and oxygen atoms in total. The third-order valence-corrected chi connectivity index (χ3v) is 1.86. The van der Waals surface area contributed by atoms with Crippen molar-refractivity contribution in [2.45, 2.75) is 12.8 Å². The van der Waals surface area contributed by atoms with E-state index in [2.05, 4.69) is 0 Å². The molecule has 1 radical (unpaired) electrons. The predicted octanol–water partition coefficient (Wildman–Crippen LogP) is -0.0355. The molecule has 0 aliphatic carbocycles. The summed E-state index contributed by atoms with van der Waals surface area (Å²) in [6.45, 7) is 1.37. The summed E-state index contributed by atoms with van der Waals surface area (Å²) in [7, 11) is 0. The first-order chi connectivity index (χ1) is 4.86. The van der Waals surface area contributed by atoms with Crippen LogP contribution in [0.4, 0.5) is 0 Å². The van der Waals surface area contributed by atoms with Crippen LogP contribution in [0.5, 0.6) is 0 Å². The second-order valence-corrected chi connectivity index (χ2v) is 2.55. The van der Waals surface area contributed by atoms with E-state index in [9.17, 15) is 9.59 Å². The van der Waals surface area contributed by atoms with Gasteiger partial charge in [0.05, 0.1) is 0 Å². The summed E-state index contributed by atoms with van der Waals surface area (Å²) in [6, 6.07) is 0. The Kier molecular flexibility index (Phi) is 2.42. The number of aldehydes is 1. The summed E-state index contributed by atoms with van der Waals surface area (Å²) < 4.78 is 0. The van der Waals surface area contributed by atoms with Gasteiger partial charge in [-0.15, -0.1) is 0 Å². The molecule has 3 heteroatoms. The number of piperidine rings is 1. The summed E-state index contributed by atoms with van der Waals surface area (Å²) in [5, 5.41) is 0. The fourth-order valence-electron chi connectivity index (χ4n) is 1.13. The van der Waals surface area contributed by atoms with Crippen molar-refractivity contribution in [3.63, 3.8) is 0 Å². The van der Waals surface area contributed by atoms with Gasteiger partial charge in [0, 0.05) is 19.0 Å². The van der Waals surface area contributed by atoms with E-state index < -0.39 is 0 Å². The lowest BCUT2D eigenvalue weighted by molar-refractivity contribution is -0.112. The van der Waals surface area contributed by atoms with E-state index in [1.54, 1.807) is 4.90 Å². The van der Waals surface area contributed by atoms with Crippen molar-refractivity contribution in [1.29, 1.82) is 0 Å². The van der Waals surface area contributed by atoms with Crippen LogP contribution >= 0.6 is 0 Å². The second-order valence-electron chi connectivity index (χ2n) is 2.55. The average molecular weight is 140 g/mol. The van der Waals surface area contributed by atoms with Crippen LogP contribution < -0.4 is 0 Å². The Morgan fingerprint density at radius 2 is 2.00 bits per heavy atom. The number of hydrogen-bond acceptors (Lipinski definition) is 2. The third kappa shape index (κ3) is 1.56. The van der Waals surface area contributed by atoms with Crippen LogP contribution in [-0.2, 0) is 9.59 Å². The molecule has 1 rings (SSSR count). The standard InChI is InChI=1S/C7H10NO2/c9-5-7-1-3-8(6-10)4-2-7/h5,7H,1-4H2. The van der Waals surface area contributed by atoms with Crippen molar-refractivity contribution in [3.8, 4) is 0 Å². The SMILES string of the molecule is O=[C]N1CCC(C=O)CC1. The van der Waals surface area contributed by atoms with Gasteiger partial charge in [-0.25, -0.2) is 0 Å². The predicted molar refractivity (Wildman–Crippen MR) is 36.1 cm³/mol. The highest BCUT2D eigenvalue weighted by Gasteiger charge is 2.16. The molecule has 0 N–H and O–H groups in total. The number of rotatable bonds is 2. The lowest BCUT2D eigenvalue weighted by atomic mass is 9.99. The van der Waals surface area contributed by atoms with Crippen molar-refractivity contribution in [2.24, 2.45) is 5.92 Å². The van der Waals surface area contributed by atoms with E-state index in [4.69, 9.17) is 0 Å². The van der Waals surface area contributed by atoms with Crippen molar-refractivity contribution < 1.29 is 9.59 Å². The molecule has 1 fully saturated rings. The highest BCUT2D eigenvalue weighted by molar-refractivity contribution is 5.55. The summed E-state index contributed by atoms with van der Waals surface area (Å²) in [4.78, 5) is 21.9. The zero-order valence-electron chi connectivity index (χ0n) is 5.75. The maximum absolute atomic E-state index is 10.2. The summed E-state index contributed by atoms with van der Waals surface area (Å²) in [5.74, 6) is 0.171. The van der Waals surface area contributed by atoms with Crippen molar-refractivity contribution >= 4 is 12.7 Å². The molecule has 0 bridgehead atoms. The van der Waals surface area contributed by atoms with Crippen LogP contribution in [0, 0.1) is 5.92 Å². The van der Waals surface area contributed by atoms with Gasteiger partial charge < -0.3 is 9.69 Å². The normalized spacial score (nSPS) is 20.6. The van der Waals surface area contributed by atoms with E-state index >= 15 is 0 Å². The molecule has 0 aromatic rings. The summed E-state index contributed by atoms with van der Waals surface area (Å²) >= 11 is 0. The smallest absolute Gasteiger partial charge is 0.312 e. The molecule has 10 heavy (non-hydrogen) atoms. The zero-order valence-corrected chi connectivity index (χ0v) is 5.75. The Balaban J connectivity index is 2.30. The van der Waals surface area contributed by atoms with Crippen molar-refractivity contribution in [2.75, 3.05) is 13.1 Å². The van der Waals surface area contributed by atoms with Gasteiger partial charge in [-0.2, -0.15) is 0 Å². The van der Waals surface area contributed by atoms with E-state index in [0.29, 0.717) is 13.1 Å². The molecule has 1 amide bonds. The van der Waals surface area contributed by atoms with Crippen LogP contribution in [0.2, 0.25) is 0 Å². The van der Waals surface area contributed by atoms with E-state index in [1.807, 2.05) is 6.41 Å². The molecular formula is C7H10NO2. The fraction of sp³-hybridized carbons (Fsp3) is 0.714. The first kappa shape index (κ1) is 7.25. The minimum absolute atomic E-state index is 0.171. The quantitative estimate of drug-likeness (QED) is 0.505. The van der Waals surface area contributed by atoms with Crippen LogP contribution in [-0.4, -0.2) is 30.7 Å². The van der Waals surface area contributed by atoms with Crippen LogP contribution in [0.15, 0.2) is 0 Å². The first-order valence-corrected chi connectivity index (χ1v) is 3.45. The van der Waals surface area contributed by atoms with Crippen molar-refractivity contribution in [1.82, 2.24) is 4.90 Å². The molecule has 0 aromatic heterocycles. The molecular weight excluding hydrogens is 130 g/mol. The lowest BCUT2D eigenvalue weighted by Crippen LogP contribution is -2.32. The molecule has 1 heterocycles. The van der Waals surface area contributed by atoms with Gasteiger partial charge in [-0.3, -0.25) is 4.79 Å². The largest absolute Gasteiger partial charge is 0.334 e. The minimum Gasteiger partial charge on any atom is -0.334 e. The summed E-state index contributed by atoms with van der Waals surface area (Å²) in [6.07, 6.45) is 4.40. The van der Waals surface area contributed by atoms with Crippen LogP contribution in [0.3, 0.4) is 0 Å². The van der Waals surface area contributed by atoms with Crippen LogP contribution in [0.1, 0.15) is 12.8 Å². The minimum atomic E-state index is 0.171. The number of carbonyl (C=O) groups is 1. The topological polar surface area (TPSA) is 37.4 Å². The maximum atomic E-state index is 10.2. The van der Waals surface area contributed by atoms with Gasteiger partial charge in [-0.1, -0.05) is 0 Å². The van der Waals surface area contributed by atoms with E-state index in [-0.39, 0.29) is 5.92 Å². The highest BCUT2D eigenvalue weighted by atomic mass is 16.1. The molecule has 1 aliphatic rings. The molecule has 0 unspecified atom stereocenters. The Bertz CT molecular complexity index is 112. The molecule has 55 valence electrons. The number of hydrogen-bond donors (Lipinski definition) is 0. The van der Waals surface area contributed by atoms with Crippen molar-refractivity contribution in [3.05, 3.63) is 0 Å². The first-order valence-electron chi connectivity index (χ1n) is 3.45. The Labute approximate surface area is 60.0 Å². The third-order valence-electron chi connectivity index (χ3n) is 1.86. The monoisotopic (exact) mass is 140 g/mol. The molecule has 0 saturated carbocycles. The van der Waals surface area contributed by atoms with Crippen LogP contribution in [0.25, 0.3) is 0 Å². The number of amides is 1. The molecule has 0 spiro atoms. The molecule has 0 atom stereocenters. The summed E-state index contributed by atoms with van der Waals surface area (Å²) in [5.41, 5.74) is 0. The Morgan fingerprint density at radius 3 is 2.40 bits per heavy atom.